The van der Waals surface area contributed by atoms with Gasteiger partial charge in [-0.05, 0) is 31.9 Å². The standard InChI is InChI=1S/C16H17N3O2/c1-10-18-15(20)14-8-17-13(9-19(10)14)11-4-6-12(7-5-11)16(2,3)21/h4-9,17,21H,1-3H3. The molecule has 0 amide bonds. The fourth-order valence-electron chi connectivity index (χ4n) is 2.36. The maximum Gasteiger partial charge on any atom is 0.297 e. The number of H-pyrrole nitrogens is 1. The fourth-order valence-corrected chi connectivity index (χ4v) is 2.36. The Hall–Kier alpha value is -2.40. The van der Waals surface area contributed by atoms with E-state index in [2.05, 4.69) is 9.97 Å². The minimum Gasteiger partial charge on any atom is -0.386 e. The normalized spacial score (nSPS) is 12.0. The summed E-state index contributed by atoms with van der Waals surface area (Å²) in [5.74, 6) is 0.665. The molecule has 0 spiro atoms. The van der Waals surface area contributed by atoms with E-state index in [-0.39, 0.29) is 5.56 Å². The molecule has 1 aromatic rings. The second kappa shape index (κ2) is 4.56. The highest BCUT2D eigenvalue weighted by Crippen LogP contribution is 2.24. The zero-order chi connectivity index (χ0) is 15.2. The van der Waals surface area contributed by atoms with Gasteiger partial charge in [0.05, 0.1) is 11.3 Å². The molecule has 5 nitrogen and oxygen atoms in total. The fraction of sp³-hybridized carbons (Fsp3) is 0.250. The number of aliphatic hydroxyl groups is 1. The van der Waals surface area contributed by atoms with Gasteiger partial charge in [-0.1, -0.05) is 24.3 Å². The molecule has 0 radical (unpaired) electrons. The second-order valence-electron chi connectivity index (χ2n) is 5.69. The minimum atomic E-state index is -0.857. The van der Waals surface area contributed by atoms with Crippen molar-refractivity contribution in [1.82, 2.24) is 14.5 Å². The number of rotatable bonds is 2. The summed E-state index contributed by atoms with van der Waals surface area (Å²) in [6, 6.07) is 7.67. The third-order valence-corrected chi connectivity index (χ3v) is 3.62. The highest BCUT2D eigenvalue weighted by molar-refractivity contribution is 5.60. The Morgan fingerprint density at radius 3 is 2.52 bits per heavy atom. The molecule has 0 aromatic heterocycles. The van der Waals surface area contributed by atoms with Crippen LogP contribution in [0.3, 0.4) is 0 Å². The number of benzene rings is 1. The molecule has 2 N–H and O–H groups in total. The van der Waals surface area contributed by atoms with Gasteiger partial charge < -0.3 is 10.1 Å². The number of hydrogen-bond acceptors (Lipinski definition) is 3. The predicted octanol–water partition coefficient (Wildman–Crippen LogP) is 2.20. The number of aryl methyl sites for hydroxylation is 1. The Balaban J connectivity index is 2.07. The third-order valence-electron chi connectivity index (χ3n) is 3.62. The largest absolute Gasteiger partial charge is 0.386 e. The van der Waals surface area contributed by atoms with Crippen molar-refractivity contribution in [1.29, 1.82) is 0 Å². The van der Waals surface area contributed by atoms with Crippen molar-refractivity contribution in [3.05, 3.63) is 58.4 Å². The smallest absolute Gasteiger partial charge is 0.297 e. The summed E-state index contributed by atoms with van der Waals surface area (Å²) in [5, 5.41) is 9.98. The summed E-state index contributed by atoms with van der Waals surface area (Å²) in [7, 11) is 0. The average molecular weight is 283 g/mol. The van der Waals surface area contributed by atoms with E-state index in [4.69, 9.17) is 0 Å². The van der Waals surface area contributed by atoms with Crippen molar-refractivity contribution in [2.75, 3.05) is 0 Å². The van der Waals surface area contributed by atoms with Crippen LogP contribution in [0.25, 0.3) is 16.9 Å². The van der Waals surface area contributed by atoms with Gasteiger partial charge in [-0.3, -0.25) is 9.36 Å². The Morgan fingerprint density at radius 1 is 1.24 bits per heavy atom. The van der Waals surface area contributed by atoms with E-state index in [0.717, 1.165) is 16.8 Å². The third kappa shape index (κ3) is 2.36. The van der Waals surface area contributed by atoms with Crippen molar-refractivity contribution < 1.29 is 5.11 Å². The van der Waals surface area contributed by atoms with Gasteiger partial charge in [0.2, 0.25) is 0 Å². The van der Waals surface area contributed by atoms with Crippen LogP contribution in [0.2, 0.25) is 0 Å². The van der Waals surface area contributed by atoms with Gasteiger partial charge in [0.15, 0.2) is 0 Å². The van der Waals surface area contributed by atoms with Crippen LogP contribution in [0.1, 0.15) is 25.2 Å². The van der Waals surface area contributed by atoms with Crippen LogP contribution < -0.4 is 5.56 Å². The topological polar surface area (TPSA) is 70.9 Å². The Bertz CT molecular complexity index is 807. The van der Waals surface area contributed by atoms with Crippen LogP contribution in [0.15, 0.2) is 41.5 Å². The van der Waals surface area contributed by atoms with Crippen LogP contribution in [-0.2, 0) is 5.60 Å². The lowest BCUT2D eigenvalue weighted by atomic mass is 9.97. The lowest BCUT2D eigenvalue weighted by Crippen LogP contribution is -2.15. The molecule has 0 fully saturated rings. The van der Waals surface area contributed by atoms with E-state index in [1.165, 1.54) is 0 Å². The van der Waals surface area contributed by atoms with Gasteiger partial charge in [0.1, 0.15) is 11.5 Å². The molecular weight excluding hydrogens is 266 g/mol. The van der Waals surface area contributed by atoms with Crippen LogP contribution in [0.5, 0.6) is 0 Å². The van der Waals surface area contributed by atoms with E-state index < -0.39 is 5.60 Å². The van der Waals surface area contributed by atoms with E-state index in [9.17, 15) is 9.90 Å². The zero-order valence-corrected chi connectivity index (χ0v) is 12.2. The average Bonchev–Trinajstić information content (AvgIpc) is 2.73. The quantitative estimate of drug-likeness (QED) is 0.757. The zero-order valence-electron chi connectivity index (χ0n) is 12.2. The first-order chi connectivity index (χ1) is 9.86. The molecule has 2 heterocycles. The summed E-state index contributed by atoms with van der Waals surface area (Å²) >= 11 is 0. The lowest BCUT2D eigenvalue weighted by molar-refractivity contribution is 0.0786. The molecule has 2 aliphatic heterocycles. The van der Waals surface area contributed by atoms with E-state index in [0.29, 0.717) is 11.5 Å². The highest BCUT2D eigenvalue weighted by atomic mass is 16.3. The number of imidazole rings is 1. The SMILES string of the molecule is Cc1nc(=O)c2c[nH]c(-c3ccc(C(C)(C)O)cc3)cn1-2. The molecule has 21 heavy (non-hydrogen) atoms. The number of fused-ring (bicyclic) bond motifs is 1. The molecule has 0 bridgehead atoms. The molecule has 0 unspecified atom stereocenters. The second-order valence-corrected chi connectivity index (χ2v) is 5.69. The van der Waals surface area contributed by atoms with Crippen LogP contribution in [0, 0.1) is 6.92 Å². The van der Waals surface area contributed by atoms with Crippen molar-refractivity contribution >= 4 is 0 Å². The molecule has 0 atom stereocenters. The number of aromatic nitrogens is 3. The number of nitrogens with zero attached hydrogens (tertiary/aromatic N) is 2. The highest BCUT2D eigenvalue weighted by Gasteiger charge is 2.16. The number of nitrogens with one attached hydrogen (secondary N) is 1. The molecule has 5 heteroatoms. The maximum atomic E-state index is 11.6. The van der Waals surface area contributed by atoms with Crippen LogP contribution >= 0.6 is 0 Å². The van der Waals surface area contributed by atoms with Crippen molar-refractivity contribution in [2.24, 2.45) is 0 Å². The Kier molecular flexibility index (Phi) is 2.95. The molecule has 108 valence electrons. The Labute approximate surface area is 122 Å². The summed E-state index contributed by atoms with van der Waals surface area (Å²) in [6.07, 6.45) is 3.53. The monoisotopic (exact) mass is 283 g/mol. The molecule has 0 aliphatic carbocycles. The number of hydrogen-bond donors (Lipinski definition) is 2. The molecule has 3 rings (SSSR count). The van der Waals surface area contributed by atoms with E-state index >= 15 is 0 Å². The molecule has 1 aromatic carbocycles. The van der Waals surface area contributed by atoms with Crippen molar-refractivity contribution in [2.45, 2.75) is 26.4 Å². The summed E-state index contributed by atoms with van der Waals surface area (Å²) < 4.78 is 1.78. The van der Waals surface area contributed by atoms with Crippen molar-refractivity contribution in [3.63, 3.8) is 0 Å². The predicted molar refractivity (Wildman–Crippen MR) is 80.8 cm³/mol. The maximum absolute atomic E-state index is 11.6. The first-order valence-corrected chi connectivity index (χ1v) is 6.77. The van der Waals surface area contributed by atoms with Gasteiger partial charge in [-0.2, -0.15) is 4.98 Å². The lowest BCUT2D eigenvalue weighted by Gasteiger charge is -2.18. The van der Waals surface area contributed by atoms with Gasteiger partial charge in [0.25, 0.3) is 5.56 Å². The summed E-state index contributed by atoms with van der Waals surface area (Å²) in [5.41, 5.74) is 2.16. The van der Waals surface area contributed by atoms with Gasteiger partial charge in [-0.15, -0.1) is 0 Å². The summed E-state index contributed by atoms with van der Waals surface area (Å²) in [6.45, 7) is 5.31. The van der Waals surface area contributed by atoms with Gasteiger partial charge in [-0.25, -0.2) is 0 Å². The molecular formula is C16H17N3O2. The van der Waals surface area contributed by atoms with E-state index in [1.807, 2.05) is 30.5 Å². The number of aromatic amines is 1. The van der Waals surface area contributed by atoms with E-state index in [1.54, 1.807) is 31.5 Å². The van der Waals surface area contributed by atoms with Gasteiger partial charge in [0, 0.05) is 12.4 Å². The molecule has 0 saturated carbocycles. The summed E-state index contributed by atoms with van der Waals surface area (Å²) in [4.78, 5) is 18.7. The van der Waals surface area contributed by atoms with Gasteiger partial charge >= 0.3 is 0 Å². The Morgan fingerprint density at radius 2 is 1.90 bits per heavy atom. The van der Waals surface area contributed by atoms with Crippen molar-refractivity contribution in [3.8, 4) is 16.9 Å². The van der Waals surface area contributed by atoms with Crippen LogP contribution in [0.4, 0.5) is 0 Å². The molecule has 2 aliphatic rings. The van der Waals surface area contributed by atoms with Crippen LogP contribution in [-0.4, -0.2) is 19.6 Å². The first kappa shape index (κ1) is 13.6. The molecule has 0 saturated heterocycles. The first-order valence-electron chi connectivity index (χ1n) is 6.77. The minimum absolute atomic E-state index is 0.229.